The first-order valence-corrected chi connectivity index (χ1v) is 8.58. The number of rotatable bonds is 5. The van der Waals surface area contributed by atoms with E-state index in [0.717, 1.165) is 0 Å². The molecule has 0 aromatic carbocycles. The molecule has 0 N–H and O–H groups in total. The second kappa shape index (κ2) is 6.77. The minimum atomic E-state index is -1.62. The lowest BCUT2D eigenvalue weighted by Crippen LogP contribution is -2.61. The number of hydrogen-bond donors (Lipinski definition) is 0. The molecule has 1 aliphatic carbocycles. The van der Waals surface area contributed by atoms with Crippen LogP contribution in [-0.2, 0) is 33.4 Å². The highest BCUT2D eigenvalue weighted by Crippen LogP contribution is 2.46. The fourth-order valence-electron chi connectivity index (χ4n) is 3.17. The van der Waals surface area contributed by atoms with Crippen LogP contribution in [-0.4, -0.2) is 41.5 Å². The minimum Gasteiger partial charge on any atom is -0.465 e. The van der Waals surface area contributed by atoms with E-state index in [1.165, 1.54) is 0 Å². The van der Waals surface area contributed by atoms with Gasteiger partial charge in [-0.25, -0.2) is 0 Å². The summed E-state index contributed by atoms with van der Waals surface area (Å²) in [4.78, 5) is 49.1. The molecule has 3 fully saturated rings. The predicted octanol–water partition coefficient (Wildman–Crippen LogP) is 1.81. The van der Waals surface area contributed by atoms with Crippen molar-refractivity contribution in [2.75, 3.05) is 6.61 Å². The molecule has 3 aliphatic rings. The highest BCUT2D eigenvalue weighted by molar-refractivity contribution is 6.02. The van der Waals surface area contributed by atoms with Crippen molar-refractivity contribution in [2.24, 2.45) is 17.8 Å². The zero-order chi connectivity index (χ0) is 19.0. The molecule has 7 heteroatoms. The minimum absolute atomic E-state index is 0.0294. The van der Waals surface area contributed by atoms with Crippen LogP contribution in [0.4, 0.5) is 0 Å². The maximum absolute atomic E-state index is 12.4. The molecule has 0 aromatic heterocycles. The molecule has 0 spiro atoms. The Morgan fingerprint density at radius 2 is 1.92 bits per heavy atom. The Hall–Kier alpha value is -1.92. The summed E-state index contributed by atoms with van der Waals surface area (Å²) in [6, 6.07) is 0. The van der Waals surface area contributed by atoms with Crippen molar-refractivity contribution in [3.63, 3.8) is 0 Å². The van der Waals surface area contributed by atoms with Gasteiger partial charge in [0.05, 0.1) is 24.9 Å². The summed E-state index contributed by atoms with van der Waals surface area (Å²) in [5.74, 6) is -3.54. The number of ketones is 1. The number of esters is 3. The third-order valence-corrected chi connectivity index (χ3v) is 4.26. The Bertz CT molecular complexity index is 587. The van der Waals surface area contributed by atoms with Gasteiger partial charge in [0.2, 0.25) is 0 Å². The molecule has 2 saturated heterocycles. The van der Waals surface area contributed by atoms with E-state index < -0.39 is 40.9 Å². The van der Waals surface area contributed by atoms with Crippen LogP contribution >= 0.6 is 0 Å². The molecule has 1 saturated carbocycles. The summed E-state index contributed by atoms with van der Waals surface area (Å²) >= 11 is 0. The van der Waals surface area contributed by atoms with Gasteiger partial charge in [-0.1, -0.05) is 13.8 Å². The van der Waals surface area contributed by atoms with Crippen LogP contribution in [0.15, 0.2) is 0 Å². The maximum atomic E-state index is 12.4. The van der Waals surface area contributed by atoms with Crippen molar-refractivity contribution >= 4 is 23.7 Å². The van der Waals surface area contributed by atoms with Crippen LogP contribution < -0.4 is 0 Å². The first kappa shape index (κ1) is 19.4. The number of carbonyl (C=O) groups excluding carboxylic acids is 4. The molecule has 2 aliphatic heterocycles. The van der Waals surface area contributed by atoms with Crippen LogP contribution in [0.1, 0.15) is 53.9 Å². The summed E-state index contributed by atoms with van der Waals surface area (Å²) in [6.07, 6.45) is -0.517. The third kappa shape index (κ3) is 4.38. The van der Waals surface area contributed by atoms with Crippen molar-refractivity contribution in [1.29, 1.82) is 0 Å². The van der Waals surface area contributed by atoms with E-state index in [4.69, 9.17) is 14.2 Å². The lowest BCUT2D eigenvalue weighted by atomic mass is 9.66. The quantitative estimate of drug-likeness (QED) is 0.549. The molecule has 0 unspecified atom stereocenters. The van der Waals surface area contributed by atoms with Crippen LogP contribution in [0.3, 0.4) is 0 Å². The fraction of sp³-hybridized carbons (Fsp3) is 0.778. The Balaban J connectivity index is 2.16. The first-order valence-electron chi connectivity index (χ1n) is 8.58. The van der Waals surface area contributed by atoms with Crippen molar-refractivity contribution in [1.82, 2.24) is 0 Å². The average molecular weight is 354 g/mol. The van der Waals surface area contributed by atoms with Crippen molar-refractivity contribution in [2.45, 2.75) is 65.1 Å². The van der Waals surface area contributed by atoms with E-state index in [1.54, 1.807) is 20.8 Å². The fourth-order valence-corrected chi connectivity index (χ4v) is 3.17. The largest absolute Gasteiger partial charge is 0.465 e. The molecular weight excluding hydrogens is 328 g/mol. The van der Waals surface area contributed by atoms with Gasteiger partial charge in [-0.05, 0) is 26.7 Å². The highest BCUT2D eigenvalue weighted by Gasteiger charge is 2.61. The molecule has 0 aromatic rings. The first-order chi connectivity index (χ1) is 11.4. The molecule has 0 amide bonds. The van der Waals surface area contributed by atoms with Gasteiger partial charge in [0.25, 0.3) is 0 Å². The van der Waals surface area contributed by atoms with E-state index in [1.807, 2.05) is 13.8 Å². The standard InChI is InChI=1S/C18H26O7/c1-10(2)9-23-15(21)12-7-18(8-14(20)24-17(3,4)5)13(19)6-11(12)16(22)25-18/h10-12H,6-9H2,1-5H3/t11-,12+,18+/m0/s1. The highest BCUT2D eigenvalue weighted by atomic mass is 16.6. The number of Topliss-reactive ketones (excluding diaryl/α,β-unsaturated/α-hetero) is 1. The van der Waals surface area contributed by atoms with Crippen LogP contribution in [0.2, 0.25) is 0 Å². The number of hydrogen-bond acceptors (Lipinski definition) is 7. The van der Waals surface area contributed by atoms with Crippen LogP contribution in [0.25, 0.3) is 0 Å². The Kier molecular flexibility index (Phi) is 5.25. The Labute approximate surface area is 147 Å². The normalized spacial score (nSPS) is 28.7. The van der Waals surface area contributed by atoms with Gasteiger partial charge >= 0.3 is 17.9 Å². The number of carbonyl (C=O) groups is 4. The van der Waals surface area contributed by atoms with Gasteiger partial charge in [-0.2, -0.15) is 0 Å². The van der Waals surface area contributed by atoms with Crippen molar-refractivity contribution in [3.05, 3.63) is 0 Å². The maximum Gasteiger partial charge on any atom is 0.311 e. The summed E-state index contributed by atoms with van der Waals surface area (Å²) in [7, 11) is 0. The predicted molar refractivity (Wildman–Crippen MR) is 86.3 cm³/mol. The molecule has 3 atom stereocenters. The number of fused-ring (bicyclic) bond motifs is 3. The van der Waals surface area contributed by atoms with Gasteiger partial charge < -0.3 is 14.2 Å². The van der Waals surface area contributed by atoms with Gasteiger partial charge in [0.15, 0.2) is 11.4 Å². The smallest absolute Gasteiger partial charge is 0.311 e. The second-order valence-electron chi connectivity index (χ2n) is 8.25. The van der Waals surface area contributed by atoms with Crippen molar-refractivity contribution < 1.29 is 33.4 Å². The molecule has 2 heterocycles. The zero-order valence-electron chi connectivity index (χ0n) is 15.4. The van der Waals surface area contributed by atoms with Crippen LogP contribution in [0, 0.1) is 17.8 Å². The topological polar surface area (TPSA) is 96.0 Å². The lowest BCUT2D eigenvalue weighted by Gasteiger charge is -2.46. The second-order valence-corrected chi connectivity index (χ2v) is 8.25. The SMILES string of the molecule is CC(C)COC(=O)[C@@H]1C[C@]2(CC(=O)OC(C)(C)C)OC(=O)[C@H]1CC2=O. The van der Waals surface area contributed by atoms with Gasteiger partial charge in [0, 0.05) is 12.8 Å². The molecule has 7 nitrogen and oxygen atoms in total. The molecule has 2 bridgehead atoms. The molecule has 3 rings (SSSR count). The van der Waals surface area contributed by atoms with E-state index in [2.05, 4.69) is 0 Å². The summed E-state index contributed by atoms with van der Waals surface area (Å²) in [6.45, 7) is 9.18. The lowest BCUT2D eigenvalue weighted by molar-refractivity contribution is -0.207. The summed E-state index contributed by atoms with van der Waals surface area (Å²) < 4.78 is 15.8. The van der Waals surface area contributed by atoms with E-state index in [9.17, 15) is 19.2 Å². The van der Waals surface area contributed by atoms with E-state index in [0.29, 0.717) is 0 Å². The van der Waals surface area contributed by atoms with Gasteiger partial charge in [-0.3, -0.25) is 19.2 Å². The van der Waals surface area contributed by atoms with Gasteiger partial charge in [-0.15, -0.1) is 0 Å². The van der Waals surface area contributed by atoms with Crippen LogP contribution in [0.5, 0.6) is 0 Å². The monoisotopic (exact) mass is 354 g/mol. The summed E-state index contributed by atoms with van der Waals surface area (Å²) in [5, 5.41) is 0. The Morgan fingerprint density at radius 3 is 2.48 bits per heavy atom. The molecule has 0 radical (unpaired) electrons. The van der Waals surface area contributed by atoms with Gasteiger partial charge in [0.1, 0.15) is 5.60 Å². The molecule has 25 heavy (non-hydrogen) atoms. The van der Waals surface area contributed by atoms with Crippen molar-refractivity contribution in [3.8, 4) is 0 Å². The Morgan fingerprint density at radius 1 is 1.28 bits per heavy atom. The zero-order valence-corrected chi connectivity index (χ0v) is 15.4. The third-order valence-electron chi connectivity index (χ3n) is 4.26. The van der Waals surface area contributed by atoms with E-state index in [-0.39, 0.29) is 37.6 Å². The average Bonchev–Trinajstić information content (AvgIpc) is 2.43. The number of ether oxygens (including phenoxy) is 3. The molecular formula is C18H26O7. The van der Waals surface area contributed by atoms with E-state index >= 15 is 0 Å². The summed E-state index contributed by atoms with van der Waals surface area (Å²) in [5.41, 5.74) is -2.34. The molecule has 140 valence electrons.